The highest BCUT2D eigenvalue weighted by Gasteiger charge is 2.43. The van der Waals surface area contributed by atoms with E-state index in [1.165, 1.54) is 6.20 Å². The Morgan fingerprint density at radius 2 is 2.10 bits per heavy atom. The number of aromatic nitrogens is 2. The zero-order chi connectivity index (χ0) is 20.7. The third-order valence-electron chi connectivity index (χ3n) is 5.44. The van der Waals surface area contributed by atoms with Crippen LogP contribution in [-0.2, 0) is 4.79 Å². The number of nitrogens with two attached hydrogens (primary N) is 1. The fraction of sp³-hybridized carbons (Fsp3) is 0.318. The number of hydrogen-bond acceptors (Lipinski definition) is 5. The maximum atomic E-state index is 14.9. The van der Waals surface area contributed by atoms with Crippen LogP contribution in [-0.4, -0.2) is 41.4 Å². The molecule has 3 aromatic rings. The number of nitrogens with one attached hydrogen (secondary N) is 1. The number of pyridine rings is 2. The lowest BCUT2D eigenvalue weighted by molar-refractivity contribution is -0.117. The first kappa shape index (κ1) is 19.3. The van der Waals surface area contributed by atoms with Crippen LogP contribution in [0.4, 0.5) is 15.9 Å². The predicted octanol–water partition coefficient (Wildman–Crippen LogP) is 3.46. The summed E-state index contributed by atoms with van der Waals surface area (Å²) in [7, 11) is 4.01. The molecular formula is C22H24FN5O. The summed E-state index contributed by atoms with van der Waals surface area (Å²) in [5.74, 6) is 0.328. The van der Waals surface area contributed by atoms with Gasteiger partial charge < -0.3 is 16.0 Å². The van der Waals surface area contributed by atoms with Gasteiger partial charge in [0.15, 0.2) is 5.82 Å². The van der Waals surface area contributed by atoms with Gasteiger partial charge in [0.2, 0.25) is 5.91 Å². The third-order valence-corrected chi connectivity index (χ3v) is 5.44. The first-order chi connectivity index (χ1) is 13.8. The summed E-state index contributed by atoms with van der Waals surface area (Å²) >= 11 is 0. The van der Waals surface area contributed by atoms with E-state index in [2.05, 4.69) is 20.2 Å². The average molecular weight is 393 g/mol. The Bertz CT molecular complexity index is 1100. The van der Waals surface area contributed by atoms with E-state index >= 15 is 0 Å². The first-order valence-electron chi connectivity index (χ1n) is 9.59. The van der Waals surface area contributed by atoms with Crippen LogP contribution in [0, 0.1) is 24.6 Å². The van der Waals surface area contributed by atoms with E-state index in [-0.39, 0.29) is 17.5 Å². The molecule has 1 aliphatic rings. The Morgan fingerprint density at radius 1 is 1.31 bits per heavy atom. The van der Waals surface area contributed by atoms with Crippen molar-refractivity contribution >= 4 is 28.2 Å². The Hall–Kier alpha value is -3.06. The minimum Gasteiger partial charge on any atom is -0.396 e. The number of amides is 1. The van der Waals surface area contributed by atoms with Crippen molar-refractivity contribution in [3.63, 3.8) is 0 Å². The van der Waals surface area contributed by atoms with Gasteiger partial charge in [-0.2, -0.15) is 0 Å². The lowest BCUT2D eigenvalue weighted by Crippen LogP contribution is -2.20. The van der Waals surface area contributed by atoms with E-state index in [9.17, 15) is 9.18 Å². The minimum absolute atomic E-state index is 0.0155. The number of carbonyl (C=O) groups is 1. The molecule has 3 N–H and O–H groups in total. The molecule has 6 nitrogen and oxygen atoms in total. The molecule has 1 amide bonds. The Morgan fingerprint density at radius 3 is 2.83 bits per heavy atom. The fourth-order valence-corrected chi connectivity index (χ4v) is 3.77. The van der Waals surface area contributed by atoms with Crippen LogP contribution >= 0.6 is 0 Å². The van der Waals surface area contributed by atoms with E-state index in [1.54, 1.807) is 24.5 Å². The number of carbonyl (C=O) groups excluding carboxylic acids is 1. The van der Waals surface area contributed by atoms with Crippen LogP contribution in [0.5, 0.6) is 0 Å². The van der Waals surface area contributed by atoms with Gasteiger partial charge in [-0.3, -0.25) is 9.78 Å². The summed E-state index contributed by atoms with van der Waals surface area (Å²) in [5.41, 5.74) is 8.07. The molecule has 0 aliphatic heterocycles. The van der Waals surface area contributed by atoms with Crippen molar-refractivity contribution in [1.29, 1.82) is 0 Å². The van der Waals surface area contributed by atoms with E-state index in [0.29, 0.717) is 33.6 Å². The van der Waals surface area contributed by atoms with Gasteiger partial charge in [-0.15, -0.1) is 0 Å². The van der Waals surface area contributed by atoms with Crippen molar-refractivity contribution in [2.45, 2.75) is 13.3 Å². The predicted molar refractivity (Wildman–Crippen MR) is 113 cm³/mol. The molecule has 1 fully saturated rings. The first-order valence-corrected chi connectivity index (χ1v) is 9.59. The molecule has 0 radical (unpaired) electrons. The Labute approximate surface area is 168 Å². The number of nitrogens with zero attached hydrogens (tertiary/aromatic N) is 3. The molecule has 29 heavy (non-hydrogen) atoms. The quantitative estimate of drug-likeness (QED) is 0.649. The molecule has 2 atom stereocenters. The molecule has 150 valence electrons. The highest BCUT2D eigenvalue weighted by molar-refractivity contribution is 6.00. The van der Waals surface area contributed by atoms with Crippen LogP contribution < -0.4 is 11.1 Å². The molecule has 0 spiro atoms. The third kappa shape index (κ3) is 3.78. The van der Waals surface area contributed by atoms with Crippen molar-refractivity contribution in [2.24, 2.45) is 11.8 Å². The van der Waals surface area contributed by atoms with E-state index in [0.717, 1.165) is 18.5 Å². The summed E-state index contributed by atoms with van der Waals surface area (Å²) in [6, 6.07) is 5.29. The van der Waals surface area contributed by atoms with Crippen LogP contribution in [0.1, 0.15) is 12.0 Å². The van der Waals surface area contributed by atoms with Crippen molar-refractivity contribution in [3.05, 3.63) is 48.2 Å². The molecular weight excluding hydrogens is 369 g/mol. The number of hydrogen-bond donors (Lipinski definition) is 2. The van der Waals surface area contributed by atoms with Crippen LogP contribution in [0.15, 0.2) is 36.8 Å². The molecule has 4 rings (SSSR count). The summed E-state index contributed by atoms with van der Waals surface area (Å²) in [6.45, 7) is 2.79. The van der Waals surface area contributed by atoms with Crippen molar-refractivity contribution in [3.8, 4) is 11.1 Å². The van der Waals surface area contributed by atoms with Crippen molar-refractivity contribution < 1.29 is 9.18 Å². The fourth-order valence-electron chi connectivity index (χ4n) is 3.77. The second-order valence-corrected chi connectivity index (χ2v) is 7.99. The summed E-state index contributed by atoms with van der Waals surface area (Å²) in [6.07, 6.45) is 5.69. The molecule has 1 unspecified atom stereocenters. The van der Waals surface area contributed by atoms with Gasteiger partial charge in [0, 0.05) is 47.6 Å². The SMILES string of the molecule is Cc1ccncc1-c1cc2cc(NC(=O)[C@@H]3CC3CN(C)C)ncc2c(N)c1F. The lowest BCUT2D eigenvalue weighted by Gasteiger charge is -2.13. The smallest absolute Gasteiger partial charge is 0.228 e. The Balaban J connectivity index is 1.64. The van der Waals surface area contributed by atoms with Crippen LogP contribution in [0.25, 0.3) is 21.9 Å². The van der Waals surface area contributed by atoms with E-state index in [4.69, 9.17) is 5.73 Å². The zero-order valence-electron chi connectivity index (χ0n) is 16.7. The molecule has 7 heteroatoms. The topological polar surface area (TPSA) is 84.1 Å². The molecule has 1 aliphatic carbocycles. The normalized spacial score (nSPS) is 18.2. The highest BCUT2D eigenvalue weighted by atomic mass is 19.1. The molecule has 2 aromatic heterocycles. The zero-order valence-corrected chi connectivity index (χ0v) is 16.7. The average Bonchev–Trinajstić information content (AvgIpc) is 3.44. The van der Waals surface area contributed by atoms with Gasteiger partial charge in [0.1, 0.15) is 5.82 Å². The molecule has 2 heterocycles. The molecule has 1 aromatic carbocycles. The van der Waals surface area contributed by atoms with Crippen molar-refractivity contribution in [2.75, 3.05) is 31.7 Å². The standard InChI is InChI=1S/C22H24FN5O/c1-12-4-5-25-9-17(12)16-6-13-8-19(26-10-18(13)21(24)20(16)23)27-22(29)15-7-14(15)11-28(2)3/h4-6,8-10,14-15H,7,11,24H2,1-3H3,(H,26,27,29)/t14?,15-/m1/s1. The minimum atomic E-state index is -0.489. The van der Waals surface area contributed by atoms with Gasteiger partial charge in [-0.1, -0.05) is 0 Å². The number of rotatable bonds is 5. The van der Waals surface area contributed by atoms with Crippen LogP contribution in [0.3, 0.4) is 0 Å². The van der Waals surface area contributed by atoms with Gasteiger partial charge in [0.25, 0.3) is 0 Å². The van der Waals surface area contributed by atoms with Gasteiger partial charge >= 0.3 is 0 Å². The summed E-state index contributed by atoms with van der Waals surface area (Å²) in [4.78, 5) is 22.9. The second kappa shape index (κ2) is 7.40. The van der Waals surface area contributed by atoms with Gasteiger partial charge in [-0.05, 0) is 62.5 Å². The molecule has 0 saturated heterocycles. The van der Waals surface area contributed by atoms with Gasteiger partial charge in [-0.25, -0.2) is 9.37 Å². The number of anilines is 2. The lowest BCUT2D eigenvalue weighted by atomic mass is 9.98. The summed E-state index contributed by atoms with van der Waals surface area (Å²) in [5, 5.41) is 4.12. The number of fused-ring (bicyclic) bond motifs is 1. The van der Waals surface area contributed by atoms with Crippen molar-refractivity contribution in [1.82, 2.24) is 14.9 Å². The maximum Gasteiger partial charge on any atom is 0.228 e. The molecule has 0 bridgehead atoms. The number of aryl methyl sites for hydroxylation is 1. The van der Waals surface area contributed by atoms with Gasteiger partial charge in [0.05, 0.1) is 5.69 Å². The second-order valence-electron chi connectivity index (χ2n) is 7.99. The van der Waals surface area contributed by atoms with Crippen LogP contribution in [0.2, 0.25) is 0 Å². The summed E-state index contributed by atoms with van der Waals surface area (Å²) < 4.78 is 14.9. The largest absolute Gasteiger partial charge is 0.396 e. The number of nitrogen functional groups attached to an aromatic ring is 1. The maximum absolute atomic E-state index is 14.9. The number of halogens is 1. The molecule has 1 saturated carbocycles. The van der Waals surface area contributed by atoms with E-state index < -0.39 is 5.82 Å². The Kier molecular flexibility index (Phi) is 4.92. The monoisotopic (exact) mass is 393 g/mol. The van der Waals surface area contributed by atoms with E-state index in [1.807, 2.05) is 27.1 Å². The number of benzene rings is 1. The highest BCUT2D eigenvalue weighted by Crippen LogP contribution is 2.40.